The minimum atomic E-state index is -4.00. The summed E-state index contributed by atoms with van der Waals surface area (Å²) in [4.78, 5) is 11.4. The van der Waals surface area contributed by atoms with E-state index in [-0.39, 0.29) is 14.8 Å². The first-order valence-electron chi connectivity index (χ1n) is 5.56. The SMILES string of the molecule is O=C(O)[C@H](NS(=O)(=O)c1ccc(Cl)s1)c1ccccc1Cl. The van der Waals surface area contributed by atoms with Gasteiger partial charge in [-0.3, -0.25) is 4.79 Å². The molecule has 0 saturated carbocycles. The summed E-state index contributed by atoms with van der Waals surface area (Å²) < 4.78 is 26.7. The molecule has 0 amide bonds. The van der Waals surface area contributed by atoms with E-state index in [2.05, 4.69) is 4.72 Å². The summed E-state index contributed by atoms with van der Waals surface area (Å²) in [7, 11) is -4.00. The lowest BCUT2D eigenvalue weighted by Gasteiger charge is -2.15. The predicted octanol–water partition coefficient (Wildman–Crippen LogP) is 3.16. The standard InChI is InChI=1S/C12H9Cl2NO4S2/c13-8-4-2-1-3-7(8)11(12(16)17)15-21(18,19)10-6-5-9(14)20-10/h1-6,11,15H,(H,16,17)/t11-/m1/s1. The number of aliphatic carboxylic acids is 1. The molecule has 2 aromatic rings. The van der Waals surface area contributed by atoms with Gasteiger partial charge in [0.1, 0.15) is 10.3 Å². The van der Waals surface area contributed by atoms with E-state index >= 15 is 0 Å². The Morgan fingerprint density at radius 3 is 2.38 bits per heavy atom. The number of hydrogen-bond acceptors (Lipinski definition) is 4. The van der Waals surface area contributed by atoms with Crippen LogP contribution in [-0.4, -0.2) is 19.5 Å². The maximum atomic E-state index is 12.2. The van der Waals surface area contributed by atoms with Crippen LogP contribution in [0.3, 0.4) is 0 Å². The van der Waals surface area contributed by atoms with Gasteiger partial charge in [0.2, 0.25) is 0 Å². The van der Waals surface area contributed by atoms with Crippen LogP contribution in [0.2, 0.25) is 9.36 Å². The van der Waals surface area contributed by atoms with Crippen molar-refractivity contribution in [3.05, 3.63) is 51.3 Å². The van der Waals surface area contributed by atoms with Gasteiger partial charge in [0.15, 0.2) is 0 Å². The summed E-state index contributed by atoms with van der Waals surface area (Å²) in [6, 6.07) is 7.39. The number of sulfonamides is 1. The average molecular weight is 366 g/mol. The summed E-state index contributed by atoms with van der Waals surface area (Å²) >= 11 is 12.5. The van der Waals surface area contributed by atoms with Crippen molar-refractivity contribution in [2.45, 2.75) is 10.3 Å². The normalized spacial score (nSPS) is 13.0. The minimum absolute atomic E-state index is 0.0641. The Balaban J connectivity index is 2.38. The second-order valence-corrected chi connectivity index (χ2v) is 8.04. The lowest BCUT2D eigenvalue weighted by molar-refractivity contribution is -0.139. The van der Waals surface area contributed by atoms with Crippen molar-refractivity contribution >= 4 is 50.5 Å². The molecule has 2 rings (SSSR count). The fourth-order valence-electron chi connectivity index (χ4n) is 1.61. The first-order chi connectivity index (χ1) is 9.81. The number of halogens is 2. The smallest absolute Gasteiger partial charge is 0.326 e. The van der Waals surface area contributed by atoms with E-state index < -0.39 is 22.0 Å². The summed E-state index contributed by atoms with van der Waals surface area (Å²) in [5.41, 5.74) is 0.165. The number of nitrogens with one attached hydrogen (secondary N) is 1. The van der Waals surface area contributed by atoms with E-state index in [0.717, 1.165) is 11.3 Å². The number of carboxylic acid groups (broad SMARTS) is 1. The van der Waals surface area contributed by atoms with Gasteiger partial charge in [-0.2, -0.15) is 4.72 Å². The zero-order chi connectivity index (χ0) is 15.6. The van der Waals surface area contributed by atoms with E-state index in [4.69, 9.17) is 23.2 Å². The molecule has 1 atom stereocenters. The Morgan fingerprint density at radius 2 is 1.86 bits per heavy atom. The van der Waals surface area contributed by atoms with Crippen molar-refractivity contribution in [3.8, 4) is 0 Å². The van der Waals surface area contributed by atoms with Gasteiger partial charge in [-0.15, -0.1) is 11.3 Å². The molecule has 0 fully saturated rings. The number of rotatable bonds is 5. The Morgan fingerprint density at radius 1 is 1.19 bits per heavy atom. The maximum absolute atomic E-state index is 12.2. The summed E-state index contributed by atoms with van der Waals surface area (Å²) in [5.74, 6) is -1.35. The molecular weight excluding hydrogens is 357 g/mol. The number of hydrogen-bond donors (Lipinski definition) is 2. The van der Waals surface area contributed by atoms with Gasteiger partial charge in [-0.25, -0.2) is 8.42 Å². The van der Waals surface area contributed by atoms with Gasteiger partial charge in [-0.05, 0) is 23.8 Å². The molecule has 5 nitrogen and oxygen atoms in total. The Kier molecular flexibility index (Phi) is 4.90. The Labute approximate surface area is 135 Å². The number of carbonyl (C=O) groups is 1. The van der Waals surface area contributed by atoms with E-state index in [1.807, 2.05) is 0 Å². The molecule has 0 bridgehead atoms. The van der Waals surface area contributed by atoms with Crippen molar-refractivity contribution in [1.29, 1.82) is 0 Å². The molecule has 2 N–H and O–H groups in total. The van der Waals surface area contributed by atoms with Crippen LogP contribution >= 0.6 is 34.5 Å². The minimum Gasteiger partial charge on any atom is -0.480 e. The lowest BCUT2D eigenvalue weighted by Crippen LogP contribution is -2.33. The average Bonchev–Trinajstić information content (AvgIpc) is 2.84. The van der Waals surface area contributed by atoms with Gasteiger partial charge in [0, 0.05) is 5.02 Å². The number of carboxylic acids is 1. The second-order valence-electron chi connectivity index (χ2n) is 3.97. The van der Waals surface area contributed by atoms with Crippen LogP contribution in [0, 0.1) is 0 Å². The largest absolute Gasteiger partial charge is 0.480 e. The third-order valence-electron chi connectivity index (χ3n) is 2.55. The lowest BCUT2D eigenvalue weighted by atomic mass is 10.1. The molecule has 21 heavy (non-hydrogen) atoms. The van der Waals surface area contributed by atoms with E-state index in [0.29, 0.717) is 4.34 Å². The van der Waals surface area contributed by atoms with Crippen LogP contribution in [0.15, 0.2) is 40.6 Å². The second kappa shape index (κ2) is 6.33. The highest BCUT2D eigenvalue weighted by atomic mass is 35.5. The summed E-state index contributed by atoms with van der Waals surface area (Å²) in [6.07, 6.45) is 0. The zero-order valence-corrected chi connectivity index (χ0v) is 13.4. The van der Waals surface area contributed by atoms with Crippen LogP contribution in [0.5, 0.6) is 0 Å². The Hall–Kier alpha value is -1.12. The predicted molar refractivity (Wildman–Crippen MR) is 81.5 cm³/mol. The zero-order valence-electron chi connectivity index (χ0n) is 10.3. The van der Waals surface area contributed by atoms with Crippen LogP contribution in [0.1, 0.15) is 11.6 Å². The molecule has 0 aliphatic rings. The molecule has 1 heterocycles. The molecule has 0 saturated heterocycles. The molecule has 1 aromatic heterocycles. The Bertz CT molecular complexity index is 773. The topological polar surface area (TPSA) is 83.5 Å². The summed E-state index contributed by atoms with van der Waals surface area (Å²) in [5, 5.41) is 9.42. The number of thiophene rings is 1. The molecule has 0 aliphatic carbocycles. The highest BCUT2D eigenvalue weighted by Crippen LogP contribution is 2.28. The summed E-state index contributed by atoms with van der Waals surface area (Å²) in [6.45, 7) is 0. The fraction of sp³-hybridized carbons (Fsp3) is 0.0833. The molecule has 0 aliphatic heterocycles. The van der Waals surface area contributed by atoms with E-state index in [9.17, 15) is 18.3 Å². The van der Waals surface area contributed by atoms with Crippen molar-refractivity contribution in [2.75, 3.05) is 0 Å². The molecule has 9 heteroatoms. The van der Waals surface area contributed by atoms with Crippen LogP contribution < -0.4 is 4.72 Å². The maximum Gasteiger partial charge on any atom is 0.326 e. The quantitative estimate of drug-likeness (QED) is 0.852. The van der Waals surface area contributed by atoms with Gasteiger partial charge in [-0.1, -0.05) is 41.4 Å². The molecule has 0 unspecified atom stereocenters. The third kappa shape index (κ3) is 3.75. The monoisotopic (exact) mass is 365 g/mol. The molecule has 0 spiro atoms. The van der Waals surface area contributed by atoms with E-state index in [1.165, 1.54) is 24.3 Å². The fourth-order valence-corrected chi connectivity index (χ4v) is 4.52. The molecule has 112 valence electrons. The van der Waals surface area contributed by atoms with Crippen LogP contribution in [0.4, 0.5) is 0 Å². The molecule has 0 radical (unpaired) electrons. The molecular formula is C12H9Cl2NO4S2. The van der Waals surface area contributed by atoms with Crippen molar-refractivity contribution in [2.24, 2.45) is 0 Å². The van der Waals surface area contributed by atoms with Crippen molar-refractivity contribution in [1.82, 2.24) is 4.72 Å². The van der Waals surface area contributed by atoms with E-state index in [1.54, 1.807) is 12.1 Å². The molecule has 1 aromatic carbocycles. The highest BCUT2D eigenvalue weighted by molar-refractivity contribution is 7.91. The van der Waals surface area contributed by atoms with Crippen molar-refractivity contribution in [3.63, 3.8) is 0 Å². The van der Waals surface area contributed by atoms with Gasteiger partial charge in [0.05, 0.1) is 4.34 Å². The van der Waals surface area contributed by atoms with Gasteiger partial charge >= 0.3 is 5.97 Å². The number of benzene rings is 1. The first-order valence-corrected chi connectivity index (χ1v) is 8.62. The highest BCUT2D eigenvalue weighted by Gasteiger charge is 2.29. The van der Waals surface area contributed by atoms with Crippen molar-refractivity contribution < 1.29 is 18.3 Å². The first kappa shape index (κ1) is 16.3. The van der Waals surface area contributed by atoms with Gasteiger partial charge in [0.25, 0.3) is 10.0 Å². The van der Waals surface area contributed by atoms with Gasteiger partial charge < -0.3 is 5.11 Å². The van der Waals surface area contributed by atoms with Crippen LogP contribution in [0.25, 0.3) is 0 Å². The van der Waals surface area contributed by atoms with Crippen LogP contribution in [-0.2, 0) is 14.8 Å². The third-order valence-corrected chi connectivity index (χ3v) is 6.04.